The normalized spacial score (nSPS) is 17.2. The number of rotatable bonds is 7. The van der Waals surface area contributed by atoms with E-state index in [2.05, 4.69) is 15.3 Å². The molecule has 0 bridgehead atoms. The second-order valence-electron chi connectivity index (χ2n) is 5.88. The third-order valence-electron chi connectivity index (χ3n) is 3.93. The minimum absolute atomic E-state index is 0.0510. The zero-order valence-corrected chi connectivity index (χ0v) is 13.3. The molecule has 1 atom stereocenters. The lowest BCUT2D eigenvalue weighted by atomic mass is 9.98. The van der Waals surface area contributed by atoms with Gasteiger partial charge in [-0.2, -0.15) is 0 Å². The maximum Gasteiger partial charge on any atom is 0.222 e. The van der Waals surface area contributed by atoms with Gasteiger partial charge in [-0.1, -0.05) is 19.3 Å². The number of hydrogen-bond acceptors (Lipinski definition) is 6. The van der Waals surface area contributed by atoms with Crippen LogP contribution >= 0.6 is 0 Å². The summed E-state index contributed by atoms with van der Waals surface area (Å²) in [6, 6.07) is 0. The van der Waals surface area contributed by atoms with Gasteiger partial charge in [0, 0.05) is 12.7 Å². The molecule has 0 spiro atoms. The van der Waals surface area contributed by atoms with Crippen molar-refractivity contribution in [3.8, 4) is 0 Å². The molecule has 6 heteroatoms. The fourth-order valence-corrected chi connectivity index (χ4v) is 2.64. The van der Waals surface area contributed by atoms with Crippen LogP contribution in [0.1, 0.15) is 55.1 Å². The third-order valence-corrected chi connectivity index (χ3v) is 3.93. The van der Waals surface area contributed by atoms with Crippen LogP contribution in [0.5, 0.6) is 0 Å². The van der Waals surface area contributed by atoms with E-state index in [1.807, 2.05) is 0 Å². The average molecular weight is 307 g/mol. The molecule has 0 saturated heterocycles. The Morgan fingerprint density at radius 2 is 2.18 bits per heavy atom. The summed E-state index contributed by atoms with van der Waals surface area (Å²) < 4.78 is 5.73. The summed E-state index contributed by atoms with van der Waals surface area (Å²) >= 11 is 0. The number of aliphatic hydroxyl groups excluding tert-OH is 1. The second kappa shape index (κ2) is 8.19. The maximum atomic E-state index is 11.3. The Morgan fingerprint density at radius 1 is 1.45 bits per heavy atom. The summed E-state index contributed by atoms with van der Waals surface area (Å²) in [4.78, 5) is 19.6. The number of anilines is 1. The van der Waals surface area contributed by atoms with Gasteiger partial charge in [-0.05, 0) is 26.7 Å². The topological polar surface area (TPSA) is 84.3 Å². The van der Waals surface area contributed by atoms with Crippen LogP contribution in [0.4, 0.5) is 5.95 Å². The van der Waals surface area contributed by atoms with Crippen molar-refractivity contribution in [3.05, 3.63) is 17.5 Å². The molecule has 1 aromatic rings. The highest BCUT2D eigenvalue weighted by Crippen LogP contribution is 2.20. The zero-order valence-electron chi connectivity index (χ0n) is 13.3. The Balaban J connectivity index is 1.74. The van der Waals surface area contributed by atoms with Crippen LogP contribution in [0, 0.1) is 6.92 Å². The van der Waals surface area contributed by atoms with E-state index >= 15 is 0 Å². The molecule has 0 amide bonds. The molecule has 1 aromatic heterocycles. The Bertz CT molecular complexity index is 501. The van der Waals surface area contributed by atoms with Crippen molar-refractivity contribution < 1.29 is 14.6 Å². The average Bonchev–Trinajstić information content (AvgIpc) is 2.51. The first-order valence-electron chi connectivity index (χ1n) is 7.94. The number of Topliss-reactive ketones (excluding diaryl/α,β-unsaturated/α-hetero) is 1. The van der Waals surface area contributed by atoms with Crippen LogP contribution in [0.2, 0.25) is 0 Å². The van der Waals surface area contributed by atoms with Crippen LogP contribution in [0.25, 0.3) is 0 Å². The summed E-state index contributed by atoms with van der Waals surface area (Å²) in [5, 5.41) is 12.9. The van der Waals surface area contributed by atoms with E-state index < -0.39 is 6.10 Å². The smallest absolute Gasteiger partial charge is 0.222 e. The van der Waals surface area contributed by atoms with Crippen molar-refractivity contribution in [2.24, 2.45) is 0 Å². The molecule has 0 aliphatic heterocycles. The quantitative estimate of drug-likeness (QED) is 0.751. The van der Waals surface area contributed by atoms with Gasteiger partial charge in [0.15, 0.2) is 5.78 Å². The summed E-state index contributed by atoms with van der Waals surface area (Å²) in [6.45, 7) is 3.91. The number of nitrogens with zero attached hydrogens (tertiary/aromatic N) is 2. The van der Waals surface area contributed by atoms with E-state index in [-0.39, 0.29) is 11.9 Å². The largest absolute Gasteiger partial charge is 0.389 e. The summed E-state index contributed by atoms with van der Waals surface area (Å²) in [7, 11) is 0. The molecule has 1 saturated carbocycles. The second-order valence-corrected chi connectivity index (χ2v) is 5.88. The number of carbonyl (C=O) groups is 1. The first-order chi connectivity index (χ1) is 10.6. The highest BCUT2D eigenvalue weighted by Gasteiger charge is 2.15. The number of aromatic nitrogens is 2. The van der Waals surface area contributed by atoms with E-state index in [0.29, 0.717) is 30.4 Å². The molecule has 1 fully saturated rings. The van der Waals surface area contributed by atoms with E-state index in [0.717, 1.165) is 12.8 Å². The van der Waals surface area contributed by atoms with Crippen molar-refractivity contribution >= 4 is 11.7 Å². The highest BCUT2D eigenvalue weighted by atomic mass is 16.5. The molecule has 122 valence electrons. The van der Waals surface area contributed by atoms with Crippen molar-refractivity contribution in [2.75, 3.05) is 18.5 Å². The Labute approximate surface area is 131 Å². The van der Waals surface area contributed by atoms with Crippen LogP contribution in [-0.4, -0.2) is 46.2 Å². The molecule has 1 aliphatic carbocycles. The zero-order chi connectivity index (χ0) is 15.9. The van der Waals surface area contributed by atoms with Gasteiger partial charge in [0.25, 0.3) is 0 Å². The van der Waals surface area contributed by atoms with Gasteiger partial charge in [-0.15, -0.1) is 0 Å². The number of hydrogen-bond donors (Lipinski definition) is 2. The lowest BCUT2D eigenvalue weighted by Crippen LogP contribution is -2.29. The molecular weight excluding hydrogens is 282 g/mol. The number of nitrogens with one attached hydrogen (secondary N) is 1. The van der Waals surface area contributed by atoms with Gasteiger partial charge in [0.1, 0.15) is 0 Å². The van der Waals surface area contributed by atoms with Crippen LogP contribution in [-0.2, 0) is 4.74 Å². The summed E-state index contributed by atoms with van der Waals surface area (Å²) in [5.74, 6) is 0.365. The molecule has 0 unspecified atom stereocenters. The molecule has 1 heterocycles. The molecule has 6 nitrogen and oxygen atoms in total. The third kappa shape index (κ3) is 5.03. The van der Waals surface area contributed by atoms with Crippen LogP contribution < -0.4 is 5.32 Å². The standard InChI is InChI=1S/C16H25N3O3/c1-11-15(12(2)20)9-18-16(19-11)17-8-13(21)10-22-14-6-4-3-5-7-14/h9,13-14,21H,3-8,10H2,1-2H3,(H,17,18,19)/t13-/m1/s1. The summed E-state index contributed by atoms with van der Waals surface area (Å²) in [5.41, 5.74) is 1.16. The minimum Gasteiger partial charge on any atom is -0.389 e. The van der Waals surface area contributed by atoms with E-state index in [9.17, 15) is 9.90 Å². The van der Waals surface area contributed by atoms with Gasteiger partial charge >= 0.3 is 0 Å². The lowest BCUT2D eigenvalue weighted by molar-refractivity contribution is -0.0195. The van der Waals surface area contributed by atoms with Crippen molar-refractivity contribution in [2.45, 2.75) is 58.2 Å². The van der Waals surface area contributed by atoms with Crippen molar-refractivity contribution in [1.82, 2.24) is 9.97 Å². The first-order valence-corrected chi connectivity index (χ1v) is 7.94. The Morgan fingerprint density at radius 3 is 2.82 bits per heavy atom. The predicted molar refractivity (Wildman–Crippen MR) is 84.1 cm³/mol. The lowest BCUT2D eigenvalue weighted by Gasteiger charge is -2.23. The van der Waals surface area contributed by atoms with E-state index in [1.165, 1.54) is 32.4 Å². The maximum absolute atomic E-state index is 11.3. The van der Waals surface area contributed by atoms with Crippen molar-refractivity contribution in [3.63, 3.8) is 0 Å². The fourth-order valence-electron chi connectivity index (χ4n) is 2.64. The number of aliphatic hydroxyl groups is 1. The van der Waals surface area contributed by atoms with Gasteiger partial charge in [-0.3, -0.25) is 4.79 Å². The Hall–Kier alpha value is -1.53. The number of carbonyl (C=O) groups excluding carboxylic acids is 1. The first kappa shape index (κ1) is 16.8. The fraction of sp³-hybridized carbons (Fsp3) is 0.688. The molecule has 0 radical (unpaired) electrons. The number of aryl methyl sites for hydroxylation is 1. The molecule has 2 N–H and O–H groups in total. The van der Waals surface area contributed by atoms with Gasteiger partial charge in [0.05, 0.1) is 30.1 Å². The summed E-state index contributed by atoms with van der Waals surface area (Å²) in [6.07, 6.45) is 7.11. The monoisotopic (exact) mass is 307 g/mol. The molecule has 22 heavy (non-hydrogen) atoms. The SMILES string of the molecule is CC(=O)c1cnc(NC[C@@H](O)COC2CCCCC2)nc1C. The molecule has 2 rings (SSSR count). The Kier molecular flexibility index (Phi) is 6.27. The molecular formula is C16H25N3O3. The predicted octanol–water partition coefficient (Wildman–Crippen LogP) is 2.11. The van der Waals surface area contributed by atoms with Crippen LogP contribution in [0.15, 0.2) is 6.20 Å². The van der Waals surface area contributed by atoms with Crippen LogP contribution in [0.3, 0.4) is 0 Å². The van der Waals surface area contributed by atoms with Crippen molar-refractivity contribution in [1.29, 1.82) is 0 Å². The molecule has 1 aliphatic rings. The van der Waals surface area contributed by atoms with Gasteiger partial charge in [0.2, 0.25) is 5.95 Å². The molecule has 0 aromatic carbocycles. The minimum atomic E-state index is -0.599. The highest BCUT2D eigenvalue weighted by molar-refractivity contribution is 5.94. The van der Waals surface area contributed by atoms with E-state index in [4.69, 9.17) is 4.74 Å². The number of ketones is 1. The van der Waals surface area contributed by atoms with Gasteiger partial charge < -0.3 is 15.2 Å². The number of ether oxygens (including phenoxy) is 1. The van der Waals surface area contributed by atoms with E-state index in [1.54, 1.807) is 6.92 Å². The van der Waals surface area contributed by atoms with Gasteiger partial charge in [-0.25, -0.2) is 9.97 Å².